The number of nitrogens with one attached hydrogen (secondary N) is 1. The number of carbonyl (C=O) groups excluding carboxylic acids is 2. The van der Waals surface area contributed by atoms with Crippen LogP contribution in [0.15, 0.2) is 24.3 Å². The molecule has 2 rings (SSSR count). The van der Waals surface area contributed by atoms with Crippen LogP contribution in [0.3, 0.4) is 0 Å². The molecule has 0 aromatic heterocycles. The first-order chi connectivity index (χ1) is 10.5. The molecule has 0 spiro atoms. The molecule has 0 bridgehead atoms. The number of methoxy groups -OCH3 is 1. The Bertz CT molecular complexity index is 533. The van der Waals surface area contributed by atoms with Gasteiger partial charge in [-0.2, -0.15) is 0 Å². The maximum atomic E-state index is 13.1. The summed E-state index contributed by atoms with van der Waals surface area (Å²) in [6.45, 7) is 1.09. The fourth-order valence-corrected chi connectivity index (χ4v) is 2.78. The van der Waals surface area contributed by atoms with Gasteiger partial charge in [0.1, 0.15) is 5.82 Å². The highest BCUT2D eigenvalue weighted by molar-refractivity contribution is 5.90. The Morgan fingerprint density at radius 3 is 2.73 bits per heavy atom. The van der Waals surface area contributed by atoms with Gasteiger partial charge in [-0.25, -0.2) is 4.39 Å². The van der Waals surface area contributed by atoms with E-state index in [-0.39, 0.29) is 30.1 Å². The van der Waals surface area contributed by atoms with Gasteiger partial charge < -0.3 is 15.0 Å². The van der Waals surface area contributed by atoms with Crippen LogP contribution in [-0.2, 0) is 14.3 Å². The number of rotatable bonds is 6. The van der Waals surface area contributed by atoms with Crippen LogP contribution in [0.4, 0.5) is 4.39 Å². The number of nitrogens with zero attached hydrogens (tertiary/aromatic N) is 1. The van der Waals surface area contributed by atoms with Crippen molar-refractivity contribution in [2.75, 3.05) is 27.3 Å². The summed E-state index contributed by atoms with van der Waals surface area (Å²) in [6, 6.07) is 5.59. The van der Waals surface area contributed by atoms with Crippen LogP contribution >= 0.6 is 0 Å². The van der Waals surface area contributed by atoms with E-state index in [0.29, 0.717) is 13.2 Å². The third-order valence-corrected chi connectivity index (χ3v) is 3.96. The molecule has 1 heterocycles. The van der Waals surface area contributed by atoms with E-state index in [0.717, 1.165) is 12.0 Å². The van der Waals surface area contributed by atoms with Crippen LogP contribution in [0.5, 0.6) is 0 Å². The molecule has 1 aliphatic heterocycles. The van der Waals surface area contributed by atoms with Gasteiger partial charge in [0.05, 0.1) is 12.0 Å². The van der Waals surface area contributed by atoms with Crippen molar-refractivity contribution in [3.8, 4) is 0 Å². The monoisotopic (exact) mass is 308 g/mol. The third kappa shape index (κ3) is 3.62. The fraction of sp³-hybridized carbons (Fsp3) is 0.500. The van der Waals surface area contributed by atoms with Gasteiger partial charge in [-0.05, 0) is 24.1 Å². The van der Waals surface area contributed by atoms with Gasteiger partial charge >= 0.3 is 0 Å². The third-order valence-electron chi connectivity index (χ3n) is 3.96. The molecule has 0 radical (unpaired) electrons. The number of hydrogen-bond acceptors (Lipinski definition) is 3. The molecule has 1 aromatic carbocycles. The quantitative estimate of drug-likeness (QED) is 0.810. The van der Waals surface area contributed by atoms with E-state index in [1.165, 1.54) is 12.1 Å². The zero-order valence-corrected chi connectivity index (χ0v) is 12.8. The molecule has 1 saturated heterocycles. The second kappa shape index (κ2) is 7.35. The summed E-state index contributed by atoms with van der Waals surface area (Å²) in [5, 5.41) is 2.84. The molecule has 2 atom stereocenters. The van der Waals surface area contributed by atoms with E-state index < -0.39 is 5.92 Å². The molecule has 22 heavy (non-hydrogen) atoms. The highest BCUT2D eigenvalue weighted by Gasteiger charge is 2.42. The Morgan fingerprint density at radius 2 is 2.09 bits per heavy atom. The number of likely N-dealkylation sites (tertiary alicyclic amines) is 1. The van der Waals surface area contributed by atoms with Crippen LogP contribution in [0.2, 0.25) is 0 Å². The predicted molar refractivity (Wildman–Crippen MR) is 79.5 cm³/mol. The fourth-order valence-electron chi connectivity index (χ4n) is 2.78. The van der Waals surface area contributed by atoms with Crippen LogP contribution < -0.4 is 5.32 Å². The van der Waals surface area contributed by atoms with Crippen molar-refractivity contribution in [3.63, 3.8) is 0 Å². The molecule has 1 aromatic rings. The second-order valence-corrected chi connectivity index (χ2v) is 5.45. The van der Waals surface area contributed by atoms with E-state index in [1.54, 1.807) is 31.2 Å². The molecular formula is C16H21FN2O3. The van der Waals surface area contributed by atoms with Gasteiger partial charge in [-0.1, -0.05) is 12.1 Å². The lowest BCUT2D eigenvalue weighted by Gasteiger charge is -2.25. The van der Waals surface area contributed by atoms with Crippen molar-refractivity contribution in [1.29, 1.82) is 0 Å². The minimum atomic E-state index is -0.453. The summed E-state index contributed by atoms with van der Waals surface area (Å²) in [7, 11) is 3.28. The number of ether oxygens (including phenoxy) is 1. The standard InChI is InChI=1S/C16H21FN2O3/c1-19-14(20)10-13(16(21)18-8-3-9-22-2)15(19)11-4-6-12(17)7-5-11/h4-7,13,15H,3,8-10H2,1-2H3,(H,18,21)/t13-,15-/m0/s1. The average molecular weight is 308 g/mol. The van der Waals surface area contributed by atoms with Crippen LogP contribution in [0.25, 0.3) is 0 Å². The number of hydrogen-bond donors (Lipinski definition) is 1. The lowest BCUT2D eigenvalue weighted by Crippen LogP contribution is -2.35. The molecule has 0 unspecified atom stereocenters. The van der Waals surface area contributed by atoms with Crippen molar-refractivity contribution < 1.29 is 18.7 Å². The summed E-state index contributed by atoms with van der Waals surface area (Å²) in [4.78, 5) is 25.9. The van der Waals surface area contributed by atoms with Gasteiger partial charge in [-0.3, -0.25) is 9.59 Å². The normalized spacial score (nSPS) is 21.2. The lowest BCUT2D eigenvalue weighted by atomic mass is 9.93. The summed E-state index contributed by atoms with van der Waals surface area (Å²) in [6.07, 6.45) is 0.897. The van der Waals surface area contributed by atoms with E-state index >= 15 is 0 Å². The first-order valence-corrected chi connectivity index (χ1v) is 7.32. The van der Waals surface area contributed by atoms with Crippen LogP contribution in [0.1, 0.15) is 24.4 Å². The molecule has 1 aliphatic rings. The van der Waals surface area contributed by atoms with Gasteiger partial charge in [0.2, 0.25) is 11.8 Å². The van der Waals surface area contributed by atoms with Gasteiger partial charge in [0.25, 0.3) is 0 Å². The van der Waals surface area contributed by atoms with Crippen LogP contribution in [-0.4, -0.2) is 44.0 Å². The molecular weight excluding hydrogens is 287 g/mol. The zero-order valence-electron chi connectivity index (χ0n) is 12.8. The minimum Gasteiger partial charge on any atom is -0.385 e. The SMILES string of the molecule is COCCCNC(=O)[C@H]1CC(=O)N(C)[C@H]1c1ccc(F)cc1. The van der Waals surface area contributed by atoms with Crippen molar-refractivity contribution in [2.24, 2.45) is 5.92 Å². The molecule has 0 aliphatic carbocycles. The number of halogens is 1. The van der Waals surface area contributed by atoms with Crippen molar-refractivity contribution in [3.05, 3.63) is 35.6 Å². The molecule has 2 amide bonds. The summed E-state index contributed by atoms with van der Waals surface area (Å²) < 4.78 is 18.0. The Balaban J connectivity index is 2.09. The summed E-state index contributed by atoms with van der Waals surface area (Å²) >= 11 is 0. The largest absolute Gasteiger partial charge is 0.385 e. The second-order valence-electron chi connectivity index (χ2n) is 5.45. The van der Waals surface area contributed by atoms with Crippen LogP contribution in [0, 0.1) is 11.7 Å². The van der Waals surface area contributed by atoms with Crippen molar-refractivity contribution in [2.45, 2.75) is 18.9 Å². The Morgan fingerprint density at radius 1 is 1.41 bits per heavy atom. The topological polar surface area (TPSA) is 58.6 Å². The molecule has 1 N–H and O–H groups in total. The minimum absolute atomic E-state index is 0.0774. The van der Waals surface area contributed by atoms with E-state index in [2.05, 4.69) is 5.32 Å². The van der Waals surface area contributed by atoms with Gasteiger partial charge in [-0.15, -0.1) is 0 Å². The summed E-state index contributed by atoms with van der Waals surface area (Å²) in [5.41, 5.74) is 0.770. The highest BCUT2D eigenvalue weighted by Crippen LogP contribution is 2.37. The zero-order chi connectivity index (χ0) is 16.1. The van der Waals surface area contributed by atoms with E-state index in [4.69, 9.17) is 4.74 Å². The van der Waals surface area contributed by atoms with Gasteiger partial charge in [0, 0.05) is 33.7 Å². The maximum absolute atomic E-state index is 13.1. The number of benzene rings is 1. The predicted octanol–water partition coefficient (Wildman–Crippen LogP) is 1.50. The first kappa shape index (κ1) is 16.4. The summed E-state index contributed by atoms with van der Waals surface area (Å²) in [5.74, 6) is -1.02. The Labute approximate surface area is 129 Å². The maximum Gasteiger partial charge on any atom is 0.226 e. The average Bonchev–Trinajstić information content (AvgIpc) is 2.80. The first-order valence-electron chi connectivity index (χ1n) is 7.32. The molecule has 120 valence electrons. The Kier molecular flexibility index (Phi) is 5.49. The van der Waals surface area contributed by atoms with Crippen molar-refractivity contribution in [1.82, 2.24) is 10.2 Å². The highest BCUT2D eigenvalue weighted by atomic mass is 19.1. The Hall–Kier alpha value is -1.95. The number of carbonyl (C=O) groups is 2. The van der Waals surface area contributed by atoms with Crippen molar-refractivity contribution >= 4 is 11.8 Å². The molecule has 0 saturated carbocycles. The smallest absolute Gasteiger partial charge is 0.226 e. The number of amides is 2. The van der Waals surface area contributed by atoms with E-state index in [1.807, 2.05) is 0 Å². The molecule has 1 fully saturated rings. The molecule has 5 nitrogen and oxygen atoms in total. The molecule has 6 heteroatoms. The van der Waals surface area contributed by atoms with Gasteiger partial charge in [0.15, 0.2) is 0 Å². The van der Waals surface area contributed by atoms with E-state index in [9.17, 15) is 14.0 Å². The lowest BCUT2D eigenvalue weighted by molar-refractivity contribution is -0.128.